The molecule has 1 aromatic carbocycles. The van der Waals surface area contributed by atoms with Crippen LogP contribution >= 0.6 is 0 Å². The average molecular weight is 258 g/mol. The summed E-state index contributed by atoms with van der Waals surface area (Å²) < 4.78 is 0. The number of hydrogen-bond donors (Lipinski definition) is 2. The van der Waals surface area contributed by atoms with E-state index in [1.165, 1.54) is 0 Å². The molecule has 0 bridgehead atoms. The smallest absolute Gasteiger partial charge is 0.254 e. The van der Waals surface area contributed by atoms with Gasteiger partial charge in [0.25, 0.3) is 5.91 Å². The fourth-order valence-electron chi connectivity index (χ4n) is 2.80. The molecule has 1 amide bonds. The summed E-state index contributed by atoms with van der Waals surface area (Å²) in [4.78, 5) is 17.3. The molecule has 3 rings (SSSR count). The molecule has 1 heterocycles. The minimum absolute atomic E-state index is 0.0478. The van der Waals surface area contributed by atoms with Gasteiger partial charge in [0.1, 0.15) is 0 Å². The number of hydrogen-bond acceptors (Lipinski definition) is 2. The Bertz CT molecular complexity index is 599. The third-order valence-corrected chi connectivity index (χ3v) is 3.91. The number of benzene rings is 1. The minimum Gasteiger partial charge on any atom is -0.393 e. The average Bonchev–Trinajstić information content (AvgIpc) is 2.83. The third-order valence-electron chi connectivity index (χ3n) is 3.91. The molecule has 0 spiro atoms. The van der Waals surface area contributed by atoms with E-state index in [9.17, 15) is 9.90 Å². The molecule has 1 aliphatic carbocycles. The second-order valence-electron chi connectivity index (χ2n) is 5.42. The maximum absolute atomic E-state index is 12.5. The number of aromatic amines is 1. The van der Waals surface area contributed by atoms with Crippen LogP contribution < -0.4 is 0 Å². The minimum atomic E-state index is -0.165. The first kappa shape index (κ1) is 12.2. The maximum Gasteiger partial charge on any atom is 0.254 e. The monoisotopic (exact) mass is 258 g/mol. The maximum atomic E-state index is 12.5. The van der Waals surface area contributed by atoms with Crippen LogP contribution in [-0.4, -0.2) is 40.6 Å². The van der Waals surface area contributed by atoms with Crippen LogP contribution in [0.25, 0.3) is 10.9 Å². The van der Waals surface area contributed by atoms with Crippen LogP contribution in [-0.2, 0) is 0 Å². The Labute approximate surface area is 112 Å². The Morgan fingerprint density at radius 2 is 2.21 bits per heavy atom. The lowest BCUT2D eigenvalue weighted by molar-refractivity contribution is 0.0266. The number of H-pyrrole nitrogens is 1. The van der Waals surface area contributed by atoms with Crippen molar-refractivity contribution in [1.82, 2.24) is 9.88 Å². The first-order valence-corrected chi connectivity index (χ1v) is 6.65. The van der Waals surface area contributed by atoms with Crippen LogP contribution in [0.3, 0.4) is 0 Å². The Balaban J connectivity index is 1.77. The van der Waals surface area contributed by atoms with E-state index in [1.807, 2.05) is 37.5 Å². The van der Waals surface area contributed by atoms with E-state index in [0.29, 0.717) is 5.92 Å². The van der Waals surface area contributed by atoms with Crippen LogP contribution in [0.4, 0.5) is 0 Å². The second kappa shape index (κ2) is 4.70. The number of aliphatic hydroxyl groups excluding tert-OH is 1. The van der Waals surface area contributed by atoms with E-state index in [4.69, 9.17) is 0 Å². The summed E-state index contributed by atoms with van der Waals surface area (Å²) in [6.07, 6.45) is 3.31. The van der Waals surface area contributed by atoms with Crippen molar-refractivity contribution in [2.24, 2.45) is 5.92 Å². The van der Waals surface area contributed by atoms with Crippen LogP contribution in [0.1, 0.15) is 23.2 Å². The van der Waals surface area contributed by atoms with Gasteiger partial charge in [-0.15, -0.1) is 0 Å². The van der Waals surface area contributed by atoms with Crippen molar-refractivity contribution in [1.29, 1.82) is 0 Å². The van der Waals surface area contributed by atoms with Gasteiger partial charge in [-0.2, -0.15) is 0 Å². The van der Waals surface area contributed by atoms with Crippen molar-refractivity contribution in [3.8, 4) is 0 Å². The van der Waals surface area contributed by atoms with E-state index >= 15 is 0 Å². The Morgan fingerprint density at radius 3 is 2.95 bits per heavy atom. The predicted molar refractivity (Wildman–Crippen MR) is 74.0 cm³/mol. The zero-order chi connectivity index (χ0) is 13.4. The molecule has 1 aromatic heterocycles. The number of aliphatic hydroxyl groups is 1. The van der Waals surface area contributed by atoms with E-state index in [-0.39, 0.29) is 12.0 Å². The highest BCUT2D eigenvalue weighted by Gasteiger charge is 2.29. The van der Waals surface area contributed by atoms with Gasteiger partial charge in [0.05, 0.1) is 6.10 Å². The molecule has 4 nitrogen and oxygen atoms in total. The molecular weight excluding hydrogens is 240 g/mol. The molecule has 2 N–H and O–H groups in total. The van der Waals surface area contributed by atoms with E-state index < -0.39 is 0 Å². The molecule has 1 saturated carbocycles. The number of nitrogens with one attached hydrogen (secondary N) is 1. The zero-order valence-corrected chi connectivity index (χ0v) is 11.0. The van der Waals surface area contributed by atoms with Crippen molar-refractivity contribution in [3.63, 3.8) is 0 Å². The molecule has 1 aliphatic rings. The molecule has 100 valence electrons. The predicted octanol–water partition coefficient (Wildman–Crippen LogP) is 2.01. The van der Waals surface area contributed by atoms with Gasteiger partial charge < -0.3 is 15.0 Å². The number of fused-ring (bicyclic) bond motifs is 1. The normalized spacial score (nSPS) is 22.2. The van der Waals surface area contributed by atoms with E-state index in [2.05, 4.69) is 4.98 Å². The zero-order valence-electron chi connectivity index (χ0n) is 11.0. The highest BCUT2D eigenvalue weighted by molar-refractivity contribution is 6.06. The first-order valence-electron chi connectivity index (χ1n) is 6.65. The summed E-state index contributed by atoms with van der Waals surface area (Å²) >= 11 is 0. The quantitative estimate of drug-likeness (QED) is 0.884. The standard InChI is InChI=1S/C15H18N2O2/c1-17(9-10-7-11(18)8-10)15(19)13-3-2-4-14-12(13)5-6-16-14/h2-6,10-11,16,18H,7-9H2,1H3. The van der Waals surface area contributed by atoms with E-state index in [0.717, 1.165) is 35.9 Å². The Morgan fingerprint density at radius 1 is 1.42 bits per heavy atom. The largest absolute Gasteiger partial charge is 0.393 e. The van der Waals surface area contributed by atoms with Gasteiger partial charge in [-0.1, -0.05) is 6.07 Å². The third kappa shape index (κ3) is 2.24. The van der Waals surface area contributed by atoms with Gasteiger partial charge in [0.15, 0.2) is 0 Å². The molecule has 0 radical (unpaired) electrons. The summed E-state index contributed by atoms with van der Waals surface area (Å²) in [6, 6.07) is 7.66. The number of rotatable bonds is 3. The van der Waals surface area contributed by atoms with Crippen molar-refractivity contribution in [2.45, 2.75) is 18.9 Å². The molecule has 0 aliphatic heterocycles. The lowest BCUT2D eigenvalue weighted by Crippen LogP contribution is -2.39. The molecule has 0 atom stereocenters. The van der Waals surface area contributed by atoms with Gasteiger partial charge in [-0.25, -0.2) is 0 Å². The van der Waals surface area contributed by atoms with Crippen LogP contribution in [0.5, 0.6) is 0 Å². The molecule has 4 heteroatoms. The summed E-state index contributed by atoms with van der Waals surface area (Å²) in [6.45, 7) is 0.719. The SMILES string of the molecule is CN(CC1CC(O)C1)C(=O)c1cccc2[nH]ccc12. The molecular formula is C15H18N2O2. The van der Waals surface area contributed by atoms with Gasteiger partial charge >= 0.3 is 0 Å². The van der Waals surface area contributed by atoms with Crippen molar-refractivity contribution >= 4 is 16.8 Å². The first-order chi connectivity index (χ1) is 9.15. The number of aromatic nitrogens is 1. The van der Waals surface area contributed by atoms with E-state index in [1.54, 1.807) is 4.90 Å². The summed E-state index contributed by atoms with van der Waals surface area (Å²) in [5.74, 6) is 0.487. The van der Waals surface area contributed by atoms with Crippen molar-refractivity contribution < 1.29 is 9.90 Å². The number of nitrogens with zero attached hydrogens (tertiary/aromatic N) is 1. The molecule has 2 aromatic rings. The molecule has 0 saturated heterocycles. The second-order valence-corrected chi connectivity index (χ2v) is 5.42. The van der Waals surface area contributed by atoms with Gasteiger partial charge in [0.2, 0.25) is 0 Å². The van der Waals surface area contributed by atoms with Crippen LogP contribution in [0.15, 0.2) is 30.5 Å². The van der Waals surface area contributed by atoms with Gasteiger partial charge in [-0.3, -0.25) is 4.79 Å². The molecule has 1 fully saturated rings. The molecule has 0 unspecified atom stereocenters. The van der Waals surface area contributed by atoms with Gasteiger partial charge in [-0.05, 0) is 37.0 Å². The fraction of sp³-hybridized carbons (Fsp3) is 0.400. The Hall–Kier alpha value is -1.81. The summed E-state index contributed by atoms with van der Waals surface area (Å²) in [5, 5.41) is 10.3. The fourth-order valence-corrected chi connectivity index (χ4v) is 2.80. The summed E-state index contributed by atoms with van der Waals surface area (Å²) in [5.41, 5.74) is 1.72. The lowest BCUT2D eigenvalue weighted by Gasteiger charge is -2.34. The Kier molecular flexibility index (Phi) is 3.03. The highest BCUT2D eigenvalue weighted by Crippen LogP contribution is 2.28. The number of amides is 1. The summed E-state index contributed by atoms with van der Waals surface area (Å²) in [7, 11) is 1.83. The van der Waals surface area contributed by atoms with Crippen LogP contribution in [0.2, 0.25) is 0 Å². The highest BCUT2D eigenvalue weighted by atomic mass is 16.3. The number of carbonyl (C=O) groups excluding carboxylic acids is 1. The van der Waals surface area contributed by atoms with Crippen molar-refractivity contribution in [3.05, 3.63) is 36.0 Å². The van der Waals surface area contributed by atoms with Gasteiger partial charge in [0, 0.05) is 36.3 Å². The van der Waals surface area contributed by atoms with Crippen molar-refractivity contribution in [2.75, 3.05) is 13.6 Å². The topological polar surface area (TPSA) is 56.3 Å². The van der Waals surface area contributed by atoms with Crippen LogP contribution in [0, 0.1) is 5.92 Å². The lowest BCUT2D eigenvalue weighted by atomic mass is 9.82. The molecule has 19 heavy (non-hydrogen) atoms. The number of carbonyl (C=O) groups is 1.